The van der Waals surface area contributed by atoms with Gasteiger partial charge in [-0.05, 0) is 26.1 Å². The van der Waals surface area contributed by atoms with Crippen LogP contribution in [0.2, 0.25) is 0 Å². The molecule has 7 nitrogen and oxygen atoms in total. The predicted octanol–water partition coefficient (Wildman–Crippen LogP) is 1.10. The summed E-state index contributed by atoms with van der Waals surface area (Å²) < 4.78 is 6.56. The molecule has 1 saturated heterocycles. The topological polar surface area (TPSA) is 78.0 Å². The molecule has 1 fully saturated rings. The fourth-order valence-electron chi connectivity index (χ4n) is 3.14. The van der Waals surface area contributed by atoms with E-state index in [0.29, 0.717) is 24.3 Å². The number of pyridine rings is 2. The summed E-state index contributed by atoms with van der Waals surface area (Å²) >= 11 is 0. The van der Waals surface area contributed by atoms with Crippen LogP contribution in [-0.4, -0.2) is 55.1 Å². The molecule has 0 N–H and O–H groups in total. The Morgan fingerprint density at radius 3 is 2.64 bits per heavy atom. The maximum Gasteiger partial charge on any atom is 0.342 e. The van der Waals surface area contributed by atoms with Crippen molar-refractivity contribution < 1.29 is 9.53 Å². The summed E-state index contributed by atoms with van der Waals surface area (Å²) in [6, 6.07) is 7.16. The molecule has 2 aromatic rings. The number of likely N-dealkylation sites (N-methyl/N-ethyl adjacent to an activating group) is 1. The van der Waals surface area contributed by atoms with Crippen molar-refractivity contribution >= 4 is 17.2 Å². The van der Waals surface area contributed by atoms with Crippen molar-refractivity contribution in [2.75, 3.05) is 44.7 Å². The van der Waals surface area contributed by atoms with E-state index in [-0.39, 0.29) is 17.7 Å². The SMILES string of the molecule is CCOC(=O)c1c(N2CCN(C)CC2)c(C#N)c(=O)n2ccccc12. The van der Waals surface area contributed by atoms with E-state index in [4.69, 9.17) is 4.74 Å². The second-order valence-corrected chi connectivity index (χ2v) is 5.98. The monoisotopic (exact) mass is 340 g/mol. The van der Waals surface area contributed by atoms with Crippen LogP contribution < -0.4 is 10.5 Å². The van der Waals surface area contributed by atoms with Crippen molar-refractivity contribution in [3.05, 3.63) is 45.9 Å². The van der Waals surface area contributed by atoms with Gasteiger partial charge in [0.2, 0.25) is 0 Å². The Morgan fingerprint density at radius 1 is 1.28 bits per heavy atom. The lowest BCUT2D eigenvalue weighted by atomic mass is 10.1. The van der Waals surface area contributed by atoms with Gasteiger partial charge in [0.15, 0.2) is 0 Å². The van der Waals surface area contributed by atoms with Crippen LogP contribution in [-0.2, 0) is 4.74 Å². The molecule has 1 aliphatic heterocycles. The maximum atomic E-state index is 12.8. The Labute approximate surface area is 145 Å². The van der Waals surface area contributed by atoms with Crippen LogP contribution in [0, 0.1) is 11.3 Å². The van der Waals surface area contributed by atoms with E-state index in [1.165, 1.54) is 4.40 Å². The van der Waals surface area contributed by atoms with Crippen LogP contribution >= 0.6 is 0 Å². The Morgan fingerprint density at radius 2 is 2.00 bits per heavy atom. The predicted molar refractivity (Wildman–Crippen MR) is 94.0 cm³/mol. The molecule has 25 heavy (non-hydrogen) atoms. The number of hydrogen-bond acceptors (Lipinski definition) is 6. The molecule has 0 unspecified atom stereocenters. The van der Waals surface area contributed by atoms with E-state index in [1.54, 1.807) is 31.3 Å². The first-order valence-electron chi connectivity index (χ1n) is 8.26. The van der Waals surface area contributed by atoms with Crippen molar-refractivity contribution in [2.24, 2.45) is 0 Å². The number of rotatable bonds is 3. The first-order chi connectivity index (χ1) is 12.1. The quantitative estimate of drug-likeness (QED) is 0.779. The average Bonchev–Trinajstić information content (AvgIpc) is 2.62. The summed E-state index contributed by atoms with van der Waals surface area (Å²) in [6.45, 7) is 4.82. The largest absolute Gasteiger partial charge is 0.462 e. The van der Waals surface area contributed by atoms with Gasteiger partial charge in [-0.2, -0.15) is 5.26 Å². The van der Waals surface area contributed by atoms with Crippen LogP contribution in [0.15, 0.2) is 29.2 Å². The Kier molecular flexibility index (Phi) is 4.72. The van der Waals surface area contributed by atoms with Gasteiger partial charge in [0.05, 0.1) is 17.8 Å². The van der Waals surface area contributed by atoms with Crippen LogP contribution in [0.3, 0.4) is 0 Å². The van der Waals surface area contributed by atoms with E-state index >= 15 is 0 Å². The number of anilines is 1. The number of aromatic nitrogens is 1. The number of carbonyl (C=O) groups is 1. The minimum absolute atomic E-state index is 0.0173. The number of ether oxygens (including phenoxy) is 1. The molecule has 3 rings (SSSR count). The zero-order valence-electron chi connectivity index (χ0n) is 14.4. The second kappa shape index (κ2) is 6.95. The van der Waals surface area contributed by atoms with Crippen LogP contribution in [0.1, 0.15) is 22.8 Å². The molecule has 0 bridgehead atoms. The Bertz CT molecular complexity index is 905. The summed E-state index contributed by atoms with van der Waals surface area (Å²) in [4.78, 5) is 29.6. The number of hydrogen-bond donors (Lipinski definition) is 0. The number of nitriles is 1. The summed E-state index contributed by atoms with van der Waals surface area (Å²) in [7, 11) is 2.02. The van der Waals surface area contributed by atoms with Crippen LogP contribution in [0.25, 0.3) is 5.52 Å². The average molecular weight is 340 g/mol. The van der Waals surface area contributed by atoms with Crippen molar-refractivity contribution in [1.82, 2.24) is 9.30 Å². The van der Waals surface area contributed by atoms with Crippen LogP contribution in [0.5, 0.6) is 0 Å². The van der Waals surface area contributed by atoms with Gasteiger partial charge in [-0.1, -0.05) is 6.07 Å². The molecule has 2 aromatic heterocycles. The van der Waals surface area contributed by atoms with E-state index in [1.807, 2.05) is 18.0 Å². The first kappa shape index (κ1) is 17.0. The highest BCUT2D eigenvalue weighted by Crippen LogP contribution is 2.28. The van der Waals surface area contributed by atoms with Crippen molar-refractivity contribution in [3.8, 4) is 6.07 Å². The van der Waals surface area contributed by atoms with Gasteiger partial charge in [-0.3, -0.25) is 9.20 Å². The Hall–Kier alpha value is -2.85. The van der Waals surface area contributed by atoms with E-state index in [2.05, 4.69) is 4.90 Å². The van der Waals surface area contributed by atoms with Gasteiger partial charge in [-0.25, -0.2) is 4.79 Å². The minimum atomic E-state index is -0.517. The normalized spacial score (nSPS) is 15.2. The molecule has 3 heterocycles. The first-order valence-corrected chi connectivity index (χ1v) is 8.26. The van der Waals surface area contributed by atoms with Gasteiger partial charge >= 0.3 is 5.97 Å². The van der Waals surface area contributed by atoms with Crippen molar-refractivity contribution in [1.29, 1.82) is 5.26 Å². The standard InChI is InChI=1S/C18H20N4O3/c1-3-25-18(24)15-14-6-4-5-7-22(14)17(23)13(12-19)16(15)21-10-8-20(2)9-11-21/h4-7H,3,8-11H2,1-2H3. The molecule has 0 aromatic carbocycles. The van der Waals surface area contributed by atoms with Gasteiger partial charge in [0.25, 0.3) is 5.56 Å². The smallest absolute Gasteiger partial charge is 0.342 e. The highest BCUT2D eigenvalue weighted by molar-refractivity contribution is 6.04. The molecule has 0 aliphatic carbocycles. The van der Waals surface area contributed by atoms with E-state index < -0.39 is 11.5 Å². The molecular weight excluding hydrogens is 320 g/mol. The zero-order valence-corrected chi connectivity index (χ0v) is 14.4. The summed E-state index contributed by atoms with van der Waals surface area (Å²) in [5.41, 5.74) is 0.698. The summed E-state index contributed by atoms with van der Waals surface area (Å²) in [5.74, 6) is -0.517. The summed E-state index contributed by atoms with van der Waals surface area (Å²) in [5, 5.41) is 9.62. The summed E-state index contributed by atoms with van der Waals surface area (Å²) in [6.07, 6.45) is 1.56. The molecule has 1 aliphatic rings. The third-order valence-corrected chi connectivity index (χ3v) is 4.43. The molecule has 0 amide bonds. The van der Waals surface area contributed by atoms with Gasteiger partial charge in [-0.15, -0.1) is 0 Å². The van der Waals surface area contributed by atoms with E-state index in [0.717, 1.165) is 13.1 Å². The number of carbonyl (C=O) groups excluding carboxylic acids is 1. The molecule has 0 radical (unpaired) electrons. The van der Waals surface area contributed by atoms with E-state index in [9.17, 15) is 14.9 Å². The number of piperazine rings is 1. The van der Waals surface area contributed by atoms with Gasteiger partial charge < -0.3 is 14.5 Å². The molecule has 0 spiro atoms. The third-order valence-electron chi connectivity index (χ3n) is 4.43. The molecular formula is C18H20N4O3. The number of esters is 1. The molecule has 7 heteroatoms. The molecule has 0 saturated carbocycles. The second-order valence-electron chi connectivity index (χ2n) is 5.98. The number of nitrogens with zero attached hydrogens (tertiary/aromatic N) is 4. The third kappa shape index (κ3) is 2.96. The zero-order chi connectivity index (χ0) is 18.0. The van der Waals surface area contributed by atoms with Gasteiger partial charge in [0.1, 0.15) is 17.2 Å². The van der Waals surface area contributed by atoms with Crippen molar-refractivity contribution in [2.45, 2.75) is 6.92 Å². The maximum absolute atomic E-state index is 12.8. The molecule has 0 atom stereocenters. The van der Waals surface area contributed by atoms with Crippen molar-refractivity contribution in [3.63, 3.8) is 0 Å². The minimum Gasteiger partial charge on any atom is -0.462 e. The number of fused-ring (bicyclic) bond motifs is 1. The molecule has 130 valence electrons. The Balaban J connectivity index is 2.32. The highest BCUT2D eigenvalue weighted by atomic mass is 16.5. The fourth-order valence-corrected chi connectivity index (χ4v) is 3.14. The highest BCUT2D eigenvalue weighted by Gasteiger charge is 2.28. The van der Waals surface area contributed by atoms with Gasteiger partial charge in [0, 0.05) is 32.4 Å². The fraction of sp³-hybridized carbons (Fsp3) is 0.389. The lowest BCUT2D eigenvalue weighted by Crippen LogP contribution is -2.46. The lowest BCUT2D eigenvalue weighted by molar-refractivity contribution is 0.0528. The lowest BCUT2D eigenvalue weighted by Gasteiger charge is -2.35. The van der Waals surface area contributed by atoms with Crippen LogP contribution in [0.4, 0.5) is 5.69 Å².